The minimum Gasteiger partial charge on any atom is -0.339 e. The van der Waals surface area contributed by atoms with Gasteiger partial charge in [-0.25, -0.2) is 9.48 Å². The number of hydrogen-bond acceptors (Lipinski definition) is 4. The molecule has 1 fully saturated rings. The number of aryl methyl sites for hydroxylation is 1. The Labute approximate surface area is 169 Å². The summed E-state index contributed by atoms with van der Waals surface area (Å²) < 4.78 is 2.90. The molecule has 154 valence electrons. The molecule has 2 amide bonds. The summed E-state index contributed by atoms with van der Waals surface area (Å²) >= 11 is 0. The van der Waals surface area contributed by atoms with E-state index >= 15 is 0 Å². The van der Waals surface area contributed by atoms with E-state index in [9.17, 15) is 14.4 Å². The van der Waals surface area contributed by atoms with Crippen molar-refractivity contribution in [2.75, 3.05) is 18.4 Å². The van der Waals surface area contributed by atoms with Crippen LogP contribution in [0, 0.1) is 0 Å². The molecule has 0 unspecified atom stereocenters. The fraction of sp³-hybridized carbons (Fsp3) is 0.524. The molecule has 0 spiro atoms. The molecule has 29 heavy (non-hydrogen) atoms. The standard InChI is InChI=1S/C21H27N5O3/c27-19(15-26-21(29)25-14-8-1-3-11-18(25)23-26)22-17-10-5-4-9-16(17)20(28)24-12-6-2-7-13-24/h4-5,9-10H,1-3,6-8,11-15H2,(H,22,27). The minimum absolute atomic E-state index is 0.0635. The summed E-state index contributed by atoms with van der Waals surface area (Å²) in [7, 11) is 0. The van der Waals surface area contributed by atoms with Gasteiger partial charge in [0.05, 0.1) is 11.3 Å². The molecule has 8 heteroatoms. The van der Waals surface area contributed by atoms with E-state index in [0.717, 1.165) is 63.9 Å². The number of carbonyl (C=O) groups excluding carboxylic acids is 2. The molecule has 0 radical (unpaired) electrons. The summed E-state index contributed by atoms with van der Waals surface area (Å²) in [5.74, 6) is 0.326. The molecule has 0 aliphatic carbocycles. The zero-order valence-corrected chi connectivity index (χ0v) is 16.6. The van der Waals surface area contributed by atoms with Crippen molar-refractivity contribution in [3.05, 3.63) is 46.1 Å². The Hall–Kier alpha value is -2.90. The van der Waals surface area contributed by atoms with Gasteiger partial charge in [-0.3, -0.25) is 14.2 Å². The SMILES string of the molecule is O=C(Cn1nc2n(c1=O)CCCCC2)Nc1ccccc1C(=O)N1CCCCC1. The monoisotopic (exact) mass is 397 g/mol. The second-order valence-electron chi connectivity index (χ2n) is 7.77. The summed E-state index contributed by atoms with van der Waals surface area (Å²) in [4.78, 5) is 39.9. The van der Waals surface area contributed by atoms with Gasteiger partial charge in [0.2, 0.25) is 5.91 Å². The molecule has 2 aromatic rings. The minimum atomic E-state index is -0.362. The predicted molar refractivity (Wildman–Crippen MR) is 109 cm³/mol. The second-order valence-corrected chi connectivity index (χ2v) is 7.77. The van der Waals surface area contributed by atoms with Crippen LogP contribution in [0.3, 0.4) is 0 Å². The van der Waals surface area contributed by atoms with Gasteiger partial charge in [0.25, 0.3) is 5.91 Å². The van der Waals surface area contributed by atoms with E-state index in [0.29, 0.717) is 17.8 Å². The van der Waals surface area contributed by atoms with Crippen LogP contribution in [0.2, 0.25) is 0 Å². The number of rotatable bonds is 4. The Kier molecular flexibility index (Phi) is 5.78. The van der Waals surface area contributed by atoms with Crippen molar-refractivity contribution in [2.45, 2.75) is 58.0 Å². The number of fused-ring (bicyclic) bond motifs is 1. The molecule has 1 aromatic carbocycles. The maximum Gasteiger partial charge on any atom is 0.346 e. The van der Waals surface area contributed by atoms with E-state index in [1.54, 1.807) is 28.8 Å². The van der Waals surface area contributed by atoms with Crippen LogP contribution >= 0.6 is 0 Å². The first-order valence-corrected chi connectivity index (χ1v) is 10.5. The summed E-state index contributed by atoms with van der Waals surface area (Å²) in [6.07, 6.45) is 6.97. The Morgan fingerprint density at radius 3 is 2.52 bits per heavy atom. The largest absolute Gasteiger partial charge is 0.346 e. The normalized spacial score (nSPS) is 16.8. The summed E-state index contributed by atoms with van der Waals surface area (Å²) in [5.41, 5.74) is 0.715. The average molecular weight is 397 g/mol. The molecule has 1 aromatic heterocycles. The third kappa shape index (κ3) is 4.26. The Morgan fingerprint density at radius 1 is 0.966 bits per heavy atom. The first-order chi connectivity index (χ1) is 14.1. The van der Waals surface area contributed by atoms with Crippen LogP contribution in [0.25, 0.3) is 0 Å². The number of hydrogen-bond donors (Lipinski definition) is 1. The second kappa shape index (κ2) is 8.63. The number of anilines is 1. The van der Waals surface area contributed by atoms with Crippen LogP contribution in [0.15, 0.2) is 29.1 Å². The van der Waals surface area contributed by atoms with Crippen LogP contribution in [0.5, 0.6) is 0 Å². The van der Waals surface area contributed by atoms with E-state index in [-0.39, 0.29) is 24.0 Å². The van der Waals surface area contributed by atoms with Gasteiger partial charge >= 0.3 is 5.69 Å². The average Bonchev–Trinajstić information content (AvgIpc) is 2.90. The molecule has 2 aliphatic rings. The van der Waals surface area contributed by atoms with Crippen LogP contribution < -0.4 is 11.0 Å². The molecule has 8 nitrogen and oxygen atoms in total. The predicted octanol–water partition coefficient (Wildman–Crippen LogP) is 2.04. The van der Waals surface area contributed by atoms with Gasteiger partial charge in [-0.15, -0.1) is 0 Å². The molecule has 1 N–H and O–H groups in total. The highest BCUT2D eigenvalue weighted by Crippen LogP contribution is 2.20. The highest BCUT2D eigenvalue weighted by atomic mass is 16.2. The van der Waals surface area contributed by atoms with Crippen LogP contribution in [-0.2, 0) is 24.3 Å². The van der Waals surface area contributed by atoms with Crippen molar-refractivity contribution in [1.82, 2.24) is 19.2 Å². The summed E-state index contributed by atoms with van der Waals surface area (Å²) in [6.45, 7) is 1.99. The van der Waals surface area contributed by atoms with Gasteiger partial charge in [0, 0.05) is 26.1 Å². The van der Waals surface area contributed by atoms with Crippen molar-refractivity contribution < 1.29 is 9.59 Å². The lowest BCUT2D eigenvalue weighted by Gasteiger charge is -2.27. The zero-order valence-electron chi connectivity index (χ0n) is 16.6. The molecule has 4 rings (SSSR count). The van der Waals surface area contributed by atoms with Gasteiger partial charge < -0.3 is 10.2 Å². The van der Waals surface area contributed by atoms with Crippen LogP contribution in [0.4, 0.5) is 5.69 Å². The first-order valence-electron chi connectivity index (χ1n) is 10.5. The molecular formula is C21H27N5O3. The molecule has 3 heterocycles. The van der Waals surface area contributed by atoms with Gasteiger partial charge in [0.1, 0.15) is 12.4 Å². The lowest BCUT2D eigenvalue weighted by molar-refractivity contribution is -0.117. The van der Waals surface area contributed by atoms with Crippen molar-refractivity contribution in [1.29, 1.82) is 0 Å². The van der Waals surface area contributed by atoms with E-state index in [4.69, 9.17) is 0 Å². The molecular weight excluding hydrogens is 370 g/mol. The third-order valence-corrected chi connectivity index (χ3v) is 5.65. The van der Waals surface area contributed by atoms with E-state index in [2.05, 4.69) is 10.4 Å². The van der Waals surface area contributed by atoms with E-state index < -0.39 is 0 Å². The van der Waals surface area contributed by atoms with Crippen molar-refractivity contribution in [3.63, 3.8) is 0 Å². The van der Waals surface area contributed by atoms with Gasteiger partial charge in [-0.2, -0.15) is 5.10 Å². The third-order valence-electron chi connectivity index (χ3n) is 5.65. The Morgan fingerprint density at radius 2 is 1.69 bits per heavy atom. The summed E-state index contributed by atoms with van der Waals surface area (Å²) in [5, 5.41) is 7.16. The maximum atomic E-state index is 12.9. The highest BCUT2D eigenvalue weighted by molar-refractivity contribution is 6.03. The lowest BCUT2D eigenvalue weighted by atomic mass is 10.1. The lowest BCUT2D eigenvalue weighted by Crippen LogP contribution is -2.36. The van der Waals surface area contributed by atoms with Crippen molar-refractivity contribution in [3.8, 4) is 0 Å². The molecule has 0 saturated carbocycles. The topological polar surface area (TPSA) is 89.2 Å². The molecule has 1 saturated heterocycles. The van der Waals surface area contributed by atoms with Crippen molar-refractivity contribution in [2.24, 2.45) is 0 Å². The number of nitrogens with zero attached hydrogens (tertiary/aromatic N) is 4. The summed E-state index contributed by atoms with van der Waals surface area (Å²) in [6, 6.07) is 7.04. The molecule has 2 aliphatic heterocycles. The number of amides is 2. The number of nitrogens with one attached hydrogen (secondary N) is 1. The number of benzene rings is 1. The molecule has 0 bridgehead atoms. The van der Waals surface area contributed by atoms with Gasteiger partial charge in [0.15, 0.2) is 0 Å². The van der Waals surface area contributed by atoms with Gasteiger partial charge in [-0.05, 0) is 44.2 Å². The Balaban J connectivity index is 1.48. The number of para-hydroxylation sites is 1. The van der Waals surface area contributed by atoms with E-state index in [1.165, 1.54) is 4.68 Å². The van der Waals surface area contributed by atoms with Gasteiger partial charge in [-0.1, -0.05) is 18.6 Å². The van der Waals surface area contributed by atoms with Crippen LogP contribution in [0.1, 0.15) is 54.7 Å². The quantitative estimate of drug-likeness (QED) is 0.855. The first kappa shape index (κ1) is 19.4. The fourth-order valence-corrected chi connectivity index (χ4v) is 4.10. The number of aromatic nitrogens is 3. The number of piperidine rings is 1. The number of likely N-dealkylation sites (tertiary alicyclic amines) is 1. The molecule has 0 atom stereocenters. The smallest absolute Gasteiger partial charge is 0.339 e. The maximum absolute atomic E-state index is 12.9. The van der Waals surface area contributed by atoms with Crippen molar-refractivity contribution >= 4 is 17.5 Å². The van der Waals surface area contributed by atoms with E-state index in [1.807, 2.05) is 4.90 Å². The fourth-order valence-electron chi connectivity index (χ4n) is 4.10. The van der Waals surface area contributed by atoms with Crippen LogP contribution in [-0.4, -0.2) is 44.2 Å². The number of carbonyl (C=O) groups is 2. The Bertz CT molecular complexity index is 955. The zero-order chi connectivity index (χ0) is 20.2. The highest BCUT2D eigenvalue weighted by Gasteiger charge is 2.22.